The maximum absolute atomic E-state index is 13.7. The van der Waals surface area contributed by atoms with E-state index in [4.69, 9.17) is 5.10 Å². The minimum absolute atomic E-state index is 0.0986. The molecule has 0 bridgehead atoms. The molecule has 0 spiro atoms. The molecule has 34 heavy (non-hydrogen) atoms. The van der Waals surface area contributed by atoms with Gasteiger partial charge in [0.1, 0.15) is 5.82 Å². The van der Waals surface area contributed by atoms with Crippen molar-refractivity contribution in [2.45, 2.75) is 74.1 Å². The fourth-order valence-electron chi connectivity index (χ4n) is 5.96. The topological polar surface area (TPSA) is 72.7 Å². The average molecular weight is 456 g/mol. The van der Waals surface area contributed by atoms with Gasteiger partial charge < -0.3 is 5.32 Å². The van der Waals surface area contributed by atoms with Crippen molar-refractivity contribution in [2.75, 3.05) is 5.32 Å². The second-order valence-corrected chi connectivity index (χ2v) is 10.9. The van der Waals surface area contributed by atoms with Crippen molar-refractivity contribution in [1.29, 1.82) is 0 Å². The van der Waals surface area contributed by atoms with E-state index in [0.29, 0.717) is 12.4 Å². The van der Waals surface area contributed by atoms with Crippen LogP contribution in [0.15, 0.2) is 29.5 Å². The van der Waals surface area contributed by atoms with Crippen LogP contribution < -0.4 is 5.32 Å². The fourth-order valence-corrected chi connectivity index (χ4v) is 5.96. The number of aromatic nitrogens is 4. The van der Waals surface area contributed by atoms with Gasteiger partial charge in [-0.25, -0.2) is 9.97 Å². The number of rotatable bonds is 2. The highest BCUT2D eigenvalue weighted by Gasteiger charge is 2.44. The highest BCUT2D eigenvalue weighted by Crippen LogP contribution is 2.51. The Kier molecular flexibility index (Phi) is 5.04. The second kappa shape index (κ2) is 7.62. The lowest BCUT2D eigenvalue weighted by Crippen LogP contribution is -2.34. The number of anilines is 1. The number of fused-ring (bicyclic) bond motifs is 1. The SMILES string of the molecule is Cc1cc(C)c(C2C3=C(CC(C)(C)CC3=O)Nc3c2c(C)nn3-c2nc(C)cc(C)n2)c(C)c1. The van der Waals surface area contributed by atoms with E-state index >= 15 is 0 Å². The minimum atomic E-state index is -0.157. The number of aryl methyl sites for hydroxylation is 6. The predicted octanol–water partition coefficient (Wildman–Crippen LogP) is 5.71. The molecule has 2 aromatic heterocycles. The number of allylic oxidation sites excluding steroid dienone is 2. The van der Waals surface area contributed by atoms with E-state index in [1.54, 1.807) is 0 Å². The molecular formula is C28H33N5O. The Morgan fingerprint density at radius 3 is 2.15 bits per heavy atom. The summed E-state index contributed by atoms with van der Waals surface area (Å²) in [6.45, 7) is 16.7. The molecule has 3 aromatic rings. The van der Waals surface area contributed by atoms with Gasteiger partial charge in [-0.2, -0.15) is 9.78 Å². The van der Waals surface area contributed by atoms with E-state index in [0.717, 1.165) is 46.2 Å². The lowest BCUT2D eigenvalue weighted by molar-refractivity contribution is -0.118. The Balaban J connectivity index is 1.82. The molecule has 6 heteroatoms. The van der Waals surface area contributed by atoms with Crippen molar-refractivity contribution in [1.82, 2.24) is 19.7 Å². The Morgan fingerprint density at radius 1 is 0.912 bits per heavy atom. The fraction of sp³-hybridized carbons (Fsp3) is 0.429. The summed E-state index contributed by atoms with van der Waals surface area (Å²) in [6, 6.07) is 6.40. The first-order chi connectivity index (χ1) is 15.9. The number of ketones is 1. The van der Waals surface area contributed by atoms with E-state index < -0.39 is 0 Å². The number of Topliss-reactive ketones (excluding diaryl/α,β-unsaturated/α-hetero) is 1. The Bertz CT molecular complexity index is 1350. The van der Waals surface area contributed by atoms with Crippen molar-refractivity contribution in [3.05, 3.63) is 74.4 Å². The summed E-state index contributed by atoms with van der Waals surface area (Å²) in [7, 11) is 0. The molecule has 0 amide bonds. The highest BCUT2D eigenvalue weighted by molar-refractivity contribution is 6.01. The van der Waals surface area contributed by atoms with Crippen LogP contribution in [0.25, 0.3) is 5.95 Å². The number of carbonyl (C=O) groups is 1. The first-order valence-corrected chi connectivity index (χ1v) is 12.0. The van der Waals surface area contributed by atoms with Crippen LogP contribution in [0.4, 0.5) is 5.82 Å². The zero-order valence-electron chi connectivity index (χ0n) is 21.4. The third-order valence-electron chi connectivity index (χ3n) is 7.06. The molecule has 0 saturated carbocycles. The summed E-state index contributed by atoms with van der Waals surface area (Å²) in [5, 5.41) is 8.55. The van der Waals surface area contributed by atoms with Crippen LogP contribution in [0.3, 0.4) is 0 Å². The lowest BCUT2D eigenvalue weighted by Gasteiger charge is -2.39. The van der Waals surface area contributed by atoms with Gasteiger partial charge in [0.25, 0.3) is 5.95 Å². The van der Waals surface area contributed by atoms with Crippen LogP contribution >= 0.6 is 0 Å². The van der Waals surface area contributed by atoms with Gasteiger partial charge in [-0.3, -0.25) is 4.79 Å². The minimum Gasteiger partial charge on any atom is -0.343 e. The molecule has 1 unspecified atom stereocenters. The van der Waals surface area contributed by atoms with Gasteiger partial charge in [0.05, 0.1) is 5.69 Å². The summed E-state index contributed by atoms with van der Waals surface area (Å²) in [5.41, 5.74) is 10.4. The molecule has 1 atom stereocenters. The molecule has 1 N–H and O–H groups in total. The molecule has 1 aliphatic heterocycles. The van der Waals surface area contributed by atoms with E-state index in [2.05, 4.69) is 62.0 Å². The second-order valence-electron chi connectivity index (χ2n) is 10.9. The number of benzene rings is 1. The lowest BCUT2D eigenvalue weighted by atomic mass is 9.68. The average Bonchev–Trinajstić information content (AvgIpc) is 3.01. The van der Waals surface area contributed by atoms with Gasteiger partial charge in [-0.15, -0.1) is 0 Å². The van der Waals surface area contributed by atoms with E-state index in [1.165, 1.54) is 22.3 Å². The summed E-state index contributed by atoms with van der Waals surface area (Å²) in [6.07, 6.45) is 1.36. The normalized spacial score (nSPS) is 19.1. The van der Waals surface area contributed by atoms with Gasteiger partial charge in [-0.05, 0) is 76.1 Å². The van der Waals surface area contributed by atoms with Gasteiger partial charge in [0, 0.05) is 40.6 Å². The Hall–Kier alpha value is -3.28. The quantitative estimate of drug-likeness (QED) is 0.535. The highest BCUT2D eigenvalue weighted by atomic mass is 16.1. The van der Waals surface area contributed by atoms with Gasteiger partial charge in [0.15, 0.2) is 5.78 Å². The van der Waals surface area contributed by atoms with Crippen molar-refractivity contribution >= 4 is 11.6 Å². The molecule has 5 rings (SSSR count). The zero-order valence-corrected chi connectivity index (χ0v) is 21.4. The van der Waals surface area contributed by atoms with E-state index in [1.807, 2.05) is 31.5 Å². The molecule has 1 aliphatic carbocycles. The number of hydrogen-bond donors (Lipinski definition) is 1. The van der Waals surface area contributed by atoms with Crippen LogP contribution in [0.1, 0.15) is 77.5 Å². The van der Waals surface area contributed by atoms with Crippen LogP contribution in [0, 0.1) is 47.0 Å². The van der Waals surface area contributed by atoms with Crippen LogP contribution in [-0.4, -0.2) is 25.5 Å². The Labute approximate surface area is 201 Å². The van der Waals surface area contributed by atoms with E-state index in [-0.39, 0.29) is 17.1 Å². The number of carbonyl (C=O) groups excluding carboxylic acids is 1. The van der Waals surface area contributed by atoms with Crippen molar-refractivity contribution in [2.24, 2.45) is 5.41 Å². The van der Waals surface area contributed by atoms with Gasteiger partial charge in [0.2, 0.25) is 0 Å². The molecule has 0 saturated heterocycles. The monoisotopic (exact) mass is 455 g/mol. The predicted molar refractivity (Wildman–Crippen MR) is 135 cm³/mol. The Morgan fingerprint density at radius 2 is 1.53 bits per heavy atom. The molecule has 176 valence electrons. The maximum Gasteiger partial charge on any atom is 0.252 e. The number of hydrogen-bond acceptors (Lipinski definition) is 5. The molecule has 0 fully saturated rings. The summed E-state index contributed by atoms with van der Waals surface area (Å²) >= 11 is 0. The maximum atomic E-state index is 13.7. The van der Waals surface area contributed by atoms with Crippen molar-refractivity contribution in [3.8, 4) is 5.95 Å². The van der Waals surface area contributed by atoms with Crippen LogP contribution in [0.5, 0.6) is 0 Å². The summed E-state index contributed by atoms with van der Waals surface area (Å²) in [5.74, 6) is 1.49. The molecular weight excluding hydrogens is 422 g/mol. The van der Waals surface area contributed by atoms with Crippen LogP contribution in [-0.2, 0) is 4.79 Å². The molecule has 0 radical (unpaired) electrons. The van der Waals surface area contributed by atoms with Crippen molar-refractivity contribution < 1.29 is 4.79 Å². The first kappa shape index (κ1) is 22.5. The third kappa shape index (κ3) is 3.56. The number of nitrogens with zero attached hydrogens (tertiary/aromatic N) is 4. The number of nitrogens with one attached hydrogen (secondary N) is 1. The zero-order chi connectivity index (χ0) is 24.5. The first-order valence-electron chi connectivity index (χ1n) is 12.0. The van der Waals surface area contributed by atoms with Gasteiger partial charge in [-0.1, -0.05) is 31.5 Å². The largest absolute Gasteiger partial charge is 0.343 e. The molecule has 6 nitrogen and oxygen atoms in total. The molecule has 3 heterocycles. The van der Waals surface area contributed by atoms with Crippen LogP contribution in [0.2, 0.25) is 0 Å². The summed E-state index contributed by atoms with van der Waals surface area (Å²) < 4.78 is 1.83. The van der Waals surface area contributed by atoms with E-state index in [9.17, 15) is 4.79 Å². The molecule has 1 aromatic carbocycles. The summed E-state index contributed by atoms with van der Waals surface area (Å²) in [4.78, 5) is 23.0. The van der Waals surface area contributed by atoms with Crippen molar-refractivity contribution in [3.63, 3.8) is 0 Å². The van der Waals surface area contributed by atoms with Gasteiger partial charge >= 0.3 is 0 Å². The molecule has 2 aliphatic rings. The standard InChI is InChI=1S/C28H33N5O/c1-14-9-15(2)22(16(3)10-14)25-23-19(6)32-33(27-29-17(4)11-18(5)30-27)26(23)31-20-12-28(7,8)13-21(34)24(20)25/h9-11,25,31H,12-13H2,1-8H3. The third-order valence-corrected chi connectivity index (χ3v) is 7.06. The smallest absolute Gasteiger partial charge is 0.252 e.